The fourth-order valence-corrected chi connectivity index (χ4v) is 1.94. The molecule has 0 aromatic heterocycles. The van der Waals surface area contributed by atoms with E-state index in [4.69, 9.17) is 0 Å². The van der Waals surface area contributed by atoms with Crippen LogP contribution in [0, 0.1) is 6.92 Å². The fraction of sp³-hybridized carbons (Fsp3) is 0.417. The number of ketones is 1. The summed E-state index contributed by atoms with van der Waals surface area (Å²) in [6.07, 6.45) is 2.57. The first kappa shape index (κ1) is 8.49. The SMILES string of the molecule is Cc1ccc([C@@H]2CCC(=O)C2)cc1. The predicted molar refractivity (Wildman–Crippen MR) is 52.8 cm³/mol. The molecule has 1 fully saturated rings. The van der Waals surface area contributed by atoms with Gasteiger partial charge in [-0.2, -0.15) is 0 Å². The molecule has 0 spiro atoms. The predicted octanol–water partition coefficient (Wildman–Crippen LogP) is 2.83. The van der Waals surface area contributed by atoms with Crippen molar-refractivity contribution in [2.75, 3.05) is 0 Å². The largest absolute Gasteiger partial charge is 0.300 e. The molecule has 1 aromatic carbocycles. The summed E-state index contributed by atoms with van der Waals surface area (Å²) < 4.78 is 0. The van der Waals surface area contributed by atoms with Crippen LogP contribution in [0.4, 0.5) is 0 Å². The van der Waals surface area contributed by atoms with Gasteiger partial charge in [-0.1, -0.05) is 29.8 Å². The Balaban J connectivity index is 2.17. The third-order valence-electron chi connectivity index (χ3n) is 2.79. The van der Waals surface area contributed by atoms with Gasteiger partial charge < -0.3 is 0 Å². The van der Waals surface area contributed by atoms with E-state index in [0.717, 1.165) is 19.3 Å². The molecule has 2 rings (SSSR count). The number of carbonyl (C=O) groups is 1. The quantitative estimate of drug-likeness (QED) is 0.639. The molecule has 1 atom stereocenters. The lowest BCUT2D eigenvalue weighted by Crippen LogP contribution is -1.93. The average molecular weight is 174 g/mol. The van der Waals surface area contributed by atoms with Crippen molar-refractivity contribution in [1.29, 1.82) is 0 Å². The minimum Gasteiger partial charge on any atom is -0.300 e. The molecule has 1 aliphatic carbocycles. The summed E-state index contributed by atoms with van der Waals surface area (Å²) in [6, 6.07) is 8.55. The highest BCUT2D eigenvalue weighted by Crippen LogP contribution is 2.31. The summed E-state index contributed by atoms with van der Waals surface area (Å²) >= 11 is 0. The highest BCUT2D eigenvalue weighted by Gasteiger charge is 2.22. The van der Waals surface area contributed by atoms with Gasteiger partial charge in [-0.3, -0.25) is 4.79 Å². The van der Waals surface area contributed by atoms with Crippen LogP contribution in [-0.4, -0.2) is 5.78 Å². The molecular formula is C12H14O. The van der Waals surface area contributed by atoms with Crippen molar-refractivity contribution >= 4 is 5.78 Å². The van der Waals surface area contributed by atoms with Crippen molar-refractivity contribution in [1.82, 2.24) is 0 Å². The maximum Gasteiger partial charge on any atom is 0.133 e. The summed E-state index contributed by atoms with van der Waals surface area (Å²) in [7, 11) is 0. The van der Waals surface area contributed by atoms with Gasteiger partial charge >= 0.3 is 0 Å². The number of hydrogen-bond donors (Lipinski definition) is 0. The van der Waals surface area contributed by atoms with Gasteiger partial charge in [0.25, 0.3) is 0 Å². The van der Waals surface area contributed by atoms with Gasteiger partial charge in [-0.15, -0.1) is 0 Å². The fourth-order valence-electron chi connectivity index (χ4n) is 1.94. The Morgan fingerprint density at radius 2 is 1.92 bits per heavy atom. The van der Waals surface area contributed by atoms with Gasteiger partial charge in [-0.25, -0.2) is 0 Å². The zero-order valence-corrected chi connectivity index (χ0v) is 7.92. The van der Waals surface area contributed by atoms with Gasteiger partial charge in [0.05, 0.1) is 0 Å². The van der Waals surface area contributed by atoms with Crippen molar-refractivity contribution in [3.63, 3.8) is 0 Å². The molecule has 0 radical (unpaired) electrons. The highest BCUT2D eigenvalue weighted by atomic mass is 16.1. The van der Waals surface area contributed by atoms with Crippen LogP contribution in [0.2, 0.25) is 0 Å². The molecule has 13 heavy (non-hydrogen) atoms. The van der Waals surface area contributed by atoms with E-state index in [1.165, 1.54) is 11.1 Å². The zero-order chi connectivity index (χ0) is 9.26. The van der Waals surface area contributed by atoms with E-state index in [1.54, 1.807) is 0 Å². The van der Waals surface area contributed by atoms with Crippen molar-refractivity contribution in [3.8, 4) is 0 Å². The molecule has 0 N–H and O–H groups in total. The standard InChI is InChI=1S/C12H14O/c1-9-2-4-10(5-3-9)11-6-7-12(13)8-11/h2-5,11H,6-8H2,1H3/t11-/m1/s1. The molecule has 0 unspecified atom stereocenters. The molecule has 0 saturated heterocycles. The molecule has 1 heteroatoms. The summed E-state index contributed by atoms with van der Waals surface area (Å²) in [5.41, 5.74) is 2.62. The lowest BCUT2D eigenvalue weighted by Gasteiger charge is -2.07. The lowest BCUT2D eigenvalue weighted by atomic mass is 9.97. The van der Waals surface area contributed by atoms with Gasteiger partial charge in [0, 0.05) is 12.8 Å². The first-order valence-corrected chi connectivity index (χ1v) is 4.84. The molecule has 1 nitrogen and oxygen atoms in total. The molecule has 1 aromatic rings. The summed E-state index contributed by atoms with van der Waals surface area (Å²) in [6.45, 7) is 2.09. The molecule has 0 heterocycles. The van der Waals surface area contributed by atoms with Gasteiger partial charge in [-0.05, 0) is 24.8 Å². The van der Waals surface area contributed by atoms with Crippen molar-refractivity contribution in [3.05, 3.63) is 35.4 Å². The number of carbonyl (C=O) groups excluding carboxylic acids is 1. The van der Waals surface area contributed by atoms with Gasteiger partial charge in [0.2, 0.25) is 0 Å². The summed E-state index contributed by atoms with van der Waals surface area (Å²) in [4.78, 5) is 11.1. The van der Waals surface area contributed by atoms with Crippen LogP contribution >= 0.6 is 0 Å². The average Bonchev–Trinajstić information content (AvgIpc) is 2.53. The molecule has 1 saturated carbocycles. The van der Waals surface area contributed by atoms with E-state index in [9.17, 15) is 4.79 Å². The highest BCUT2D eigenvalue weighted by molar-refractivity contribution is 5.81. The second-order valence-electron chi connectivity index (χ2n) is 3.89. The third kappa shape index (κ3) is 1.80. The Kier molecular flexibility index (Phi) is 2.17. The van der Waals surface area contributed by atoms with E-state index >= 15 is 0 Å². The zero-order valence-electron chi connectivity index (χ0n) is 7.92. The molecular weight excluding hydrogens is 160 g/mol. The second-order valence-corrected chi connectivity index (χ2v) is 3.89. The van der Waals surface area contributed by atoms with Crippen molar-refractivity contribution in [2.24, 2.45) is 0 Å². The van der Waals surface area contributed by atoms with E-state index in [0.29, 0.717) is 11.7 Å². The molecule has 1 aliphatic rings. The first-order chi connectivity index (χ1) is 6.25. The van der Waals surface area contributed by atoms with Crippen LogP contribution < -0.4 is 0 Å². The Morgan fingerprint density at radius 3 is 2.46 bits per heavy atom. The minimum absolute atomic E-state index is 0.422. The van der Waals surface area contributed by atoms with Crippen LogP contribution in [0.1, 0.15) is 36.3 Å². The smallest absolute Gasteiger partial charge is 0.133 e. The first-order valence-electron chi connectivity index (χ1n) is 4.84. The van der Waals surface area contributed by atoms with Gasteiger partial charge in [0.15, 0.2) is 0 Å². The molecule has 68 valence electrons. The maximum absolute atomic E-state index is 11.1. The van der Waals surface area contributed by atoms with Crippen LogP contribution in [0.5, 0.6) is 0 Å². The Labute approximate surface area is 78.8 Å². The Hall–Kier alpha value is -1.11. The van der Waals surface area contributed by atoms with E-state index < -0.39 is 0 Å². The molecule has 0 bridgehead atoms. The topological polar surface area (TPSA) is 17.1 Å². The van der Waals surface area contributed by atoms with E-state index in [1.807, 2.05) is 0 Å². The summed E-state index contributed by atoms with van der Waals surface area (Å²) in [5, 5.41) is 0. The van der Waals surface area contributed by atoms with Crippen LogP contribution in [-0.2, 0) is 4.79 Å². The summed E-state index contributed by atoms with van der Waals surface area (Å²) in [5.74, 6) is 0.915. The Morgan fingerprint density at radius 1 is 1.23 bits per heavy atom. The lowest BCUT2D eigenvalue weighted by molar-refractivity contribution is -0.117. The number of rotatable bonds is 1. The monoisotopic (exact) mass is 174 g/mol. The van der Waals surface area contributed by atoms with Crippen LogP contribution in [0.15, 0.2) is 24.3 Å². The minimum atomic E-state index is 0.422. The number of Topliss-reactive ketones (excluding diaryl/α,β-unsaturated/α-hetero) is 1. The maximum atomic E-state index is 11.1. The normalized spacial score (nSPS) is 22.2. The number of aryl methyl sites for hydroxylation is 1. The third-order valence-corrected chi connectivity index (χ3v) is 2.79. The van der Waals surface area contributed by atoms with Crippen molar-refractivity contribution < 1.29 is 4.79 Å². The Bertz CT molecular complexity index is 310. The van der Waals surface area contributed by atoms with Crippen molar-refractivity contribution in [2.45, 2.75) is 32.1 Å². The van der Waals surface area contributed by atoms with Crippen LogP contribution in [0.3, 0.4) is 0 Å². The second kappa shape index (κ2) is 3.33. The number of benzene rings is 1. The molecule has 0 aliphatic heterocycles. The van der Waals surface area contributed by atoms with E-state index in [2.05, 4.69) is 31.2 Å². The molecule has 0 amide bonds. The van der Waals surface area contributed by atoms with Gasteiger partial charge in [0.1, 0.15) is 5.78 Å². The van der Waals surface area contributed by atoms with E-state index in [-0.39, 0.29) is 0 Å². The van der Waals surface area contributed by atoms with Crippen LogP contribution in [0.25, 0.3) is 0 Å². The number of hydrogen-bond acceptors (Lipinski definition) is 1.